The average Bonchev–Trinajstić information content (AvgIpc) is 2.19. The number of rotatable bonds is 1. The predicted molar refractivity (Wildman–Crippen MR) is 61.0 cm³/mol. The third-order valence-electron chi connectivity index (χ3n) is 1.97. The summed E-state index contributed by atoms with van der Waals surface area (Å²) in [7, 11) is 0. The van der Waals surface area contributed by atoms with E-state index in [4.69, 9.17) is 5.73 Å². The Morgan fingerprint density at radius 1 is 1.62 bits per heavy atom. The molecule has 0 saturated heterocycles. The second-order valence-electron chi connectivity index (χ2n) is 2.74. The fraction of sp³-hybridized carbons (Fsp3) is 0.125. The molecular weight excluding hydrogens is 279 g/mol. The Bertz CT molecular complexity index is 361. The lowest BCUT2D eigenvalue weighted by Gasteiger charge is -2.20. The van der Waals surface area contributed by atoms with Gasteiger partial charge in [0.2, 0.25) is 0 Å². The molecule has 1 aromatic heterocycles. The number of hydrogen-bond acceptors (Lipinski definition) is 4. The molecule has 0 radical (unpaired) electrons. The highest BCUT2D eigenvalue weighted by atomic mass is 127. The molecule has 1 aliphatic rings. The Labute approximate surface area is 90.1 Å². The Kier molecular flexibility index (Phi) is 2.26. The zero-order chi connectivity index (χ0) is 9.26. The number of anilines is 1. The van der Waals surface area contributed by atoms with Gasteiger partial charge in [0.1, 0.15) is 5.82 Å². The Morgan fingerprint density at radius 3 is 3.23 bits per heavy atom. The summed E-state index contributed by atoms with van der Waals surface area (Å²) in [6.45, 7) is 0.707. The topological polar surface area (TPSA) is 63.0 Å². The van der Waals surface area contributed by atoms with Crippen LogP contribution in [-0.4, -0.2) is 11.5 Å². The van der Waals surface area contributed by atoms with Gasteiger partial charge in [-0.15, -0.1) is 0 Å². The maximum absolute atomic E-state index is 5.93. The molecule has 13 heavy (non-hydrogen) atoms. The van der Waals surface area contributed by atoms with Crippen LogP contribution >= 0.6 is 22.9 Å². The van der Waals surface area contributed by atoms with Gasteiger partial charge in [-0.3, -0.25) is 0 Å². The van der Waals surface area contributed by atoms with Gasteiger partial charge in [0.05, 0.1) is 40.8 Å². The highest BCUT2D eigenvalue weighted by Crippen LogP contribution is 2.24. The Balaban J connectivity index is 2.52. The third-order valence-corrected chi connectivity index (χ3v) is 2.62. The summed E-state index contributed by atoms with van der Waals surface area (Å²) in [5.74, 6) is 0.857. The third kappa shape index (κ3) is 1.43. The Hall–Kier alpha value is -0.980. The van der Waals surface area contributed by atoms with Gasteiger partial charge in [0, 0.05) is 11.8 Å². The van der Waals surface area contributed by atoms with E-state index in [1.165, 1.54) is 0 Å². The highest BCUT2D eigenvalue weighted by Gasteiger charge is 2.15. The normalized spacial score (nSPS) is 14.8. The number of fused-ring (bicyclic) bond motifs is 1. The first-order valence-electron chi connectivity index (χ1n) is 3.87. The van der Waals surface area contributed by atoms with E-state index in [0.29, 0.717) is 6.54 Å². The lowest BCUT2D eigenvalue weighted by Crippen LogP contribution is -2.23. The summed E-state index contributed by atoms with van der Waals surface area (Å²) >= 11 is 2.07. The number of hydrogen-bond donors (Lipinski definition) is 3. The van der Waals surface area contributed by atoms with Gasteiger partial charge in [0.15, 0.2) is 0 Å². The summed E-state index contributed by atoms with van der Waals surface area (Å²) in [5, 5.41) is 3.18. The fourth-order valence-corrected chi connectivity index (χ4v) is 1.76. The van der Waals surface area contributed by atoms with Gasteiger partial charge < -0.3 is 14.6 Å². The summed E-state index contributed by atoms with van der Waals surface area (Å²) in [6, 6.07) is 3.83. The fourth-order valence-electron chi connectivity index (χ4n) is 1.28. The van der Waals surface area contributed by atoms with Crippen molar-refractivity contribution in [2.75, 3.05) is 11.9 Å². The molecule has 1 aromatic rings. The van der Waals surface area contributed by atoms with Gasteiger partial charge in [-0.25, -0.2) is 4.98 Å². The van der Waals surface area contributed by atoms with Crippen molar-refractivity contribution < 1.29 is 0 Å². The van der Waals surface area contributed by atoms with Crippen molar-refractivity contribution >= 4 is 34.4 Å². The van der Waals surface area contributed by atoms with E-state index >= 15 is 0 Å². The number of nitrogens with zero attached hydrogens (tertiary/aromatic N) is 1. The maximum atomic E-state index is 5.93. The van der Waals surface area contributed by atoms with Crippen LogP contribution in [0.25, 0.3) is 5.70 Å². The minimum absolute atomic E-state index is 0.707. The zero-order valence-corrected chi connectivity index (χ0v) is 9.00. The van der Waals surface area contributed by atoms with Crippen LogP contribution in [0.2, 0.25) is 0 Å². The van der Waals surface area contributed by atoms with Crippen LogP contribution in [0.3, 0.4) is 0 Å². The first-order chi connectivity index (χ1) is 6.33. The lowest BCUT2D eigenvalue weighted by atomic mass is 10.1. The lowest BCUT2D eigenvalue weighted by molar-refractivity contribution is 1.07. The summed E-state index contributed by atoms with van der Waals surface area (Å²) in [4.78, 5) is 4.18. The van der Waals surface area contributed by atoms with Crippen molar-refractivity contribution in [2.24, 2.45) is 5.73 Å². The van der Waals surface area contributed by atoms with Gasteiger partial charge in [-0.1, -0.05) is 0 Å². The van der Waals surface area contributed by atoms with E-state index in [1.807, 2.05) is 12.1 Å². The zero-order valence-electron chi connectivity index (χ0n) is 6.84. The molecule has 0 bridgehead atoms. The molecule has 0 spiro atoms. The molecule has 2 heterocycles. The second kappa shape index (κ2) is 3.41. The summed E-state index contributed by atoms with van der Waals surface area (Å²) < 4.78 is 3.03. The van der Waals surface area contributed by atoms with Gasteiger partial charge in [-0.05, 0) is 12.1 Å². The number of aromatic nitrogens is 1. The number of nitrogens with one attached hydrogen (secondary N) is 2. The Morgan fingerprint density at radius 2 is 2.46 bits per heavy atom. The minimum Gasteiger partial charge on any atom is -0.397 e. The first-order valence-corrected chi connectivity index (χ1v) is 4.95. The van der Waals surface area contributed by atoms with Crippen molar-refractivity contribution in [3.8, 4) is 0 Å². The van der Waals surface area contributed by atoms with Crippen molar-refractivity contribution in [2.45, 2.75) is 0 Å². The van der Waals surface area contributed by atoms with Crippen molar-refractivity contribution in [3.63, 3.8) is 0 Å². The standard InChI is InChI=1S/C8H9IN4/c9-13-6-4-12-8-5(7(6)10)2-1-3-11-8/h1-3,13H,4,10H2,(H,11,12). The molecule has 4 N–H and O–H groups in total. The molecule has 1 aliphatic heterocycles. The predicted octanol–water partition coefficient (Wildman–Crippen LogP) is 1.07. The van der Waals surface area contributed by atoms with Crippen LogP contribution in [0.15, 0.2) is 24.0 Å². The van der Waals surface area contributed by atoms with Gasteiger partial charge in [0.25, 0.3) is 0 Å². The van der Waals surface area contributed by atoms with Crippen molar-refractivity contribution in [1.82, 2.24) is 8.51 Å². The second-order valence-corrected chi connectivity index (χ2v) is 3.28. The minimum atomic E-state index is 0.707. The quantitative estimate of drug-likeness (QED) is 0.534. The number of pyridine rings is 1. The van der Waals surface area contributed by atoms with Crippen LogP contribution in [0.5, 0.6) is 0 Å². The van der Waals surface area contributed by atoms with Gasteiger partial charge >= 0.3 is 0 Å². The van der Waals surface area contributed by atoms with Crippen LogP contribution in [0, 0.1) is 0 Å². The molecule has 0 unspecified atom stereocenters. The average molecular weight is 288 g/mol. The molecule has 0 aliphatic carbocycles. The SMILES string of the molecule is NC1=C(NI)CNc2ncccc21. The molecular formula is C8H9IN4. The number of nitrogens with two attached hydrogens (primary N) is 1. The largest absolute Gasteiger partial charge is 0.397 e. The van der Waals surface area contributed by atoms with E-state index in [-0.39, 0.29) is 0 Å². The monoisotopic (exact) mass is 288 g/mol. The van der Waals surface area contributed by atoms with E-state index in [1.54, 1.807) is 6.20 Å². The van der Waals surface area contributed by atoms with Crippen LogP contribution < -0.4 is 14.6 Å². The molecule has 0 fully saturated rings. The molecule has 0 aromatic carbocycles. The molecule has 0 saturated carbocycles. The summed E-state index contributed by atoms with van der Waals surface area (Å²) in [6.07, 6.45) is 1.75. The number of halogens is 1. The first kappa shape index (κ1) is 8.61. The van der Waals surface area contributed by atoms with Crippen LogP contribution in [0.4, 0.5) is 5.82 Å². The molecule has 68 valence electrons. The molecule has 2 rings (SSSR count). The van der Waals surface area contributed by atoms with E-state index < -0.39 is 0 Å². The van der Waals surface area contributed by atoms with Gasteiger partial charge in [-0.2, -0.15) is 0 Å². The van der Waals surface area contributed by atoms with Crippen LogP contribution in [-0.2, 0) is 0 Å². The van der Waals surface area contributed by atoms with E-state index in [2.05, 4.69) is 36.7 Å². The van der Waals surface area contributed by atoms with E-state index in [0.717, 1.165) is 22.8 Å². The molecule has 0 amide bonds. The molecule has 0 atom stereocenters. The summed E-state index contributed by atoms with van der Waals surface area (Å²) in [5.41, 5.74) is 8.67. The van der Waals surface area contributed by atoms with Crippen molar-refractivity contribution in [1.29, 1.82) is 0 Å². The van der Waals surface area contributed by atoms with Crippen molar-refractivity contribution in [3.05, 3.63) is 29.6 Å². The molecule has 5 heteroatoms. The van der Waals surface area contributed by atoms with E-state index in [9.17, 15) is 0 Å². The highest BCUT2D eigenvalue weighted by molar-refractivity contribution is 14.1. The molecule has 4 nitrogen and oxygen atoms in total. The van der Waals surface area contributed by atoms with Crippen LogP contribution in [0.1, 0.15) is 5.56 Å². The smallest absolute Gasteiger partial charge is 0.135 e. The maximum Gasteiger partial charge on any atom is 0.135 e.